The molecule has 0 aromatic carbocycles. The fourth-order valence-corrected chi connectivity index (χ4v) is 1.46. The molecule has 4 N–H and O–H groups in total. The van der Waals surface area contributed by atoms with Crippen LogP contribution in [-0.4, -0.2) is 33.8 Å². The lowest BCUT2D eigenvalue weighted by Crippen LogP contribution is -2.40. The van der Waals surface area contributed by atoms with Gasteiger partial charge in [-0.2, -0.15) is 0 Å². The van der Waals surface area contributed by atoms with E-state index in [0.29, 0.717) is 18.9 Å². The van der Waals surface area contributed by atoms with Gasteiger partial charge >= 0.3 is 0 Å². The minimum absolute atomic E-state index is 0.0774. The molecule has 0 atom stereocenters. The van der Waals surface area contributed by atoms with Crippen LogP contribution in [0.5, 0.6) is 0 Å². The molecule has 0 aliphatic carbocycles. The highest BCUT2D eigenvalue weighted by atomic mass is 16.3. The van der Waals surface area contributed by atoms with Crippen LogP contribution in [-0.2, 0) is 0 Å². The molecule has 0 bridgehead atoms. The predicted octanol–water partition coefficient (Wildman–Crippen LogP) is -0.0507. The number of nitrogen functional groups attached to an aromatic ring is 1. The van der Waals surface area contributed by atoms with E-state index in [9.17, 15) is 9.90 Å². The molecule has 0 saturated carbocycles. The van der Waals surface area contributed by atoms with Gasteiger partial charge in [0.15, 0.2) is 5.82 Å². The Bertz CT molecular complexity index is 408. The number of H-pyrrole nitrogens is 1. The zero-order valence-corrected chi connectivity index (χ0v) is 9.82. The van der Waals surface area contributed by atoms with Crippen molar-refractivity contribution in [3.05, 3.63) is 16.7 Å². The molecule has 0 unspecified atom stereocenters. The van der Waals surface area contributed by atoms with E-state index in [1.807, 2.05) is 6.92 Å². The summed E-state index contributed by atoms with van der Waals surface area (Å²) >= 11 is 0. The van der Waals surface area contributed by atoms with E-state index in [1.54, 1.807) is 18.7 Å². The lowest BCUT2D eigenvalue weighted by Gasteiger charge is -2.29. The fraction of sp³-hybridized carbons (Fsp3) is 0.600. The largest absolute Gasteiger partial charge is 0.391 e. The quantitative estimate of drug-likeness (QED) is 0.669. The highest BCUT2D eigenvalue weighted by molar-refractivity contribution is 5.60. The van der Waals surface area contributed by atoms with E-state index < -0.39 is 5.60 Å². The molecule has 6 nitrogen and oxygen atoms in total. The second kappa shape index (κ2) is 4.52. The molecule has 16 heavy (non-hydrogen) atoms. The normalized spacial score (nSPS) is 11.5. The Hall–Kier alpha value is -1.56. The van der Waals surface area contributed by atoms with Crippen LogP contribution in [0.1, 0.15) is 20.8 Å². The zero-order chi connectivity index (χ0) is 12.3. The number of anilines is 2. The van der Waals surface area contributed by atoms with Crippen LogP contribution in [0.4, 0.5) is 11.5 Å². The molecule has 0 radical (unpaired) electrons. The van der Waals surface area contributed by atoms with Crippen molar-refractivity contribution < 1.29 is 5.11 Å². The molecule has 1 aromatic heterocycles. The summed E-state index contributed by atoms with van der Waals surface area (Å²) in [4.78, 5) is 19.5. The van der Waals surface area contributed by atoms with Crippen LogP contribution in [0.3, 0.4) is 0 Å². The summed E-state index contributed by atoms with van der Waals surface area (Å²) in [6.45, 7) is 6.28. The van der Waals surface area contributed by atoms with Crippen molar-refractivity contribution in [3.8, 4) is 0 Å². The second-order valence-corrected chi connectivity index (χ2v) is 4.30. The average molecular weight is 226 g/mol. The van der Waals surface area contributed by atoms with Crippen molar-refractivity contribution in [1.82, 2.24) is 9.97 Å². The van der Waals surface area contributed by atoms with E-state index >= 15 is 0 Å². The van der Waals surface area contributed by atoms with E-state index in [4.69, 9.17) is 5.73 Å². The van der Waals surface area contributed by atoms with Crippen molar-refractivity contribution in [2.75, 3.05) is 23.7 Å². The first kappa shape index (κ1) is 12.5. The van der Waals surface area contributed by atoms with Crippen LogP contribution >= 0.6 is 0 Å². The standard InChI is InChI=1S/C10H18N4O2/c1-4-14(5-10(2,3)16)8-7(11)9(15)13-6-12-8/h6,16H,4-5,11H2,1-3H3,(H,12,13,15). The first-order chi connectivity index (χ1) is 7.35. The molecule has 1 heterocycles. The number of aromatic amines is 1. The first-order valence-corrected chi connectivity index (χ1v) is 5.15. The number of aliphatic hydroxyl groups is 1. The van der Waals surface area contributed by atoms with Crippen LogP contribution in [0.15, 0.2) is 11.1 Å². The van der Waals surface area contributed by atoms with Gasteiger partial charge in [0.2, 0.25) is 0 Å². The first-order valence-electron chi connectivity index (χ1n) is 5.15. The van der Waals surface area contributed by atoms with Gasteiger partial charge in [0.1, 0.15) is 5.69 Å². The molecule has 0 aliphatic heterocycles. The molecular formula is C10H18N4O2. The van der Waals surface area contributed by atoms with Gasteiger partial charge in [-0.25, -0.2) is 4.98 Å². The Kier molecular flexibility index (Phi) is 3.54. The summed E-state index contributed by atoms with van der Waals surface area (Å²) in [7, 11) is 0. The van der Waals surface area contributed by atoms with Crippen LogP contribution in [0.2, 0.25) is 0 Å². The molecular weight excluding hydrogens is 208 g/mol. The zero-order valence-electron chi connectivity index (χ0n) is 9.82. The Labute approximate surface area is 94.1 Å². The summed E-state index contributed by atoms with van der Waals surface area (Å²) in [5.74, 6) is 0.411. The van der Waals surface area contributed by atoms with Gasteiger partial charge < -0.3 is 20.7 Å². The van der Waals surface area contributed by atoms with Crippen LogP contribution in [0, 0.1) is 0 Å². The van der Waals surface area contributed by atoms with Gasteiger partial charge in [0, 0.05) is 13.1 Å². The monoisotopic (exact) mass is 226 g/mol. The Morgan fingerprint density at radius 3 is 2.75 bits per heavy atom. The maximum Gasteiger partial charge on any atom is 0.276 e. The highest BCUT2D eigenvalue weighted by Gasteiger charge is 2.20. The number of rotatable bonds is 4. The molecule has 1 rings (SSSR count). The Morgan fingerprint density at radius 2 is 2.25 bits per heavy atom. The van der Waals surface area contributed by atoms with Crippen LogP contribution in [0.25, 0.3) is 0 Å². The van der Waals surface area contributed by atoms with Crippen molar-refractivity contribution >= 4 is 11.5 Å². The second-order valence-electron chi connectivity index (χ2n) is 4.30. The predicted molar refractivity (Wildman–Crippen MR) is 63.5 cm³/mol. The maximum absolute atomic E-state index is 11.3. The minimum Gasteiger partial charge on any atom is -0.391 e. The van der Waals surface area contributed by atoms with Gasteiger partial charge in [-0.05, 0) is 20.8 Å². The third-order valence-corrected chi connectivity index (χ3v) is 2.13. The van der Waals surface area contributed by atoms with E-state index in [0.717, 1.165) is 0 Å². The minimum atomic E-state index is -0.868. The van der Waals surface area contributed by atoms with E-state index in [1.165, 1.54) is 6.33 Å². The molecule has 1 aromatic rings. The molecule has 0 aliphatic rings. The summed E-state index contributed by atoms with van der Waals surface area (Å²) in [6, 6.07) is 0. The number of nitrogens with one attached hydrogen (secondary N) is 1. The Morgan fingerprint density at radius 1 is 1.62 bits per heavy atom. The third kappa shape index (κ3) is 2.96. The number of nitrogens with two attached hydrogens (primary N) is 1. The van der Waals surface area contributed by atoms with Gasteiger partial charge in [0.25, 0.3) is 5.56 Å². The molecule has 6 heteroatoms. The molecule has 0 spiro atoms. The lowest BCUT2D eigenvalue weighted by molar-refractivity contribution is 0.0874. The summed E-state index contributed by atoms with van der Waals surface area (Å²) in [6.07, 6.45) is 1.31. The third-order valence-electron chi connectivity index (χ3n) is 2.13. The number of nitrogens with zero attached hydrogens (tertiary/aromatic N) is 2. The summed E-state index contributed by atoms with van der Waals surface area (Å²) in [5.41, 5.74) is 4.50. The Balaban J connectivity index is 3.05. The molecule has 0 fully saturated rings. The molecule has 0 saturated heterocycles. The van der Waals surface area contributed by atoms with Crippen molar-refractivity contribution in [3.63, 3.8) is 0 Å². The van der Waals surface area contributed by atoms with Crippen LogP contribution < -0.4 is 16.2 Å². The number of likely N-dealkylation sites (N-methyl/N-ethyl adjacent to an activating group) is 1. The molecule has 90 valence electrons. The van der Waals surface area contributed by atoms with Gasteiger partial charge in [0.05, 0.1) is 11.9 Å². The van der Waals surface area contributed by atoms with Crippen molar-refractivity contribution in [2.45, 2.75) is 26.4 Å². The molecule has 0 amide bonds. The van der Waals surface area contributed by atoms with E-state index in [-0.39, 0.29) is 11.2 Å². The maximum atomic E-state index is 11.3. The SMILES string of the molecule is CCN(CC(C)(C)O)c1nc[nH]c(=O)c1N. The van der Waals surface area contributed by atoms with Gasteiger partial charge in [-0.1, -0.05) is 0 Å². The highest BCUT2D eigenvalue weighted by Crippen LogP contribution is 2.17. The topological polar surface area (TPSA) is 95.2 Å². The van der Waals surface area contributed by atoms with Gasteiger partial charge in [-0.3, -0.25) is 4.79 Å². The fourth-order valence-electron chi connectivity index (χ4n) is 1.46. The lowest BCUT2D eigenvalue weighted by atomic mass is 10.1. The number of hydrogen-bond donors (Lipinski definition) is 3. The average Bonchev–Trinajstić information content (AvgIpc) is 2.18. The van der Waals surface area contributed by atoms with Crippen molar-refractivity contribution in [2.24, 2.45) is 0 Å². The van der Waals surface area contributed by atoms with Crippen molar-refractivity contribution in [1.29, 1.82) is 0 Å². The van der Waals surface area contributed by atoms with Gasteiger partial charge in [-0.15, -0.1) is 0 Å². The smallest absolute Gasteiger partial charge is 0.276 e. The summed E-state index contributed by atoms with van der Waals surface area (Å²) < 4.78 is 0. The number of hydrogen-bond acceptors (Lipinski definition) is 5. The van der Waals surface area contributed by atoms with E-state index in [2.05, 4.69) is 9.97 Å². The summed E-state index contributed by atoms with van der Waals surface area (Å²) in [5, 5.41) is 9.74. The number of aromatic nitrogens is 2.